The second-order valence-corrected chi connectivity index (χ2v) is 9.61. The van der Waals surface area contributed by atoms with Crippen molar-refractivity contribution >= 4 is 33.4 Å². The van der Waals surface area contributed by atoms with Gasteiger partial charge in [0.1, 0.15) is 16.2 Å². The van der Waals surface area contributed by atoms with E-state index >= 15 is 0 Å². The van der Waals surface area contributed by atoms with Crippen LogP contribution in [0.25, 0.3) is 10.3 Å². The maximum Gasteiger partial charge on any atom is 0.225 e. The number of aryl methyl sites for hydroxylation is 1. The van der Waals surface area contributed by atoms with Crippen molar-refractivity contribution in [1.82, 2.24) is 19.9 Å². The van der Waals surface area contributed by atoms with Crippen molar-refractivity contribution in [2.45, 2.75) is 71.3 Å². The van der Waals surface area contributed by atoms with Crippen LogP contribution in [0.15, 0.2) is 18.5 Å². The maximum atomic E-state index is 13.5. The number of nitrogens with one attached hydrogen (secondary N) is 1. The SMILES string of the molecule is Cc1nc2nc(N[C@@H](C)c3cncc(F)c3)nc(C(=O)CCCC3CCCCC3)c2s1. The summed E-state index contributed by atoms with van der Waals surface area (Å²) in [4.78, 5) is 30.5. The highest BCUT2D eigenvalue weighted by Crippen LogP contribution is 2.30. The van der Waals surface area contributed by atoms with E-state index in [1.807, 2.05) is 13.8 Å². The van der Waals surface area contributed by atoms with Crippen LogP contribution in [-0.4, -0.2) is 25.7 Å². The van der Waals surface area contributed by atoms with Crippen LogP contribution >= 0.6 is 11.3 Å². The Bertz CT molecular complexity index is 1060. The van der Waals surface area contributed by atoms with E-state index in [-0.39, 0.29) is 11.8 Å². The van der Waals surface area contributed by atoms with Crippen molar-refractivity contribution in [2.24, 2.45) is 5.92 Å². The molecule has 0 saturated heterocycles. The predicted octanol–water partition coefficient (Wildman–Crippen LogP) is 6.04. The fourth-order valence-corrected chi connectivity index (χ4v) is 5.14. The van der Waals surface area contributed by atoms with Crippen LogP contribution in [0.1, 0.15) is 85.4 Å². The molecule has 0 radical (unpaired) electrons. The van der Waals surface area contributed by atoms with Gasteiger partial charge in [-0.3, -0.25) is 9.78 Å². The molecule has 0 aromatic carbocycles. The Labute approximate surface area is 185 Å². The van der Waals surface area contributed by atoms with E-state index < -0.39 is 5.82 Å². The minimum Gasteiger partial charge on any atom is -0.348 e. The van der Waals surface area contributed by atoms with Crippen LogP contribution in [0.2, 0.25) is 0 Å². The fraction of sp³-hybridized carbons (Fsp3) is 0.522. The van der Waals surface area contributed by atoms with Gasteiger partial charge in [0, 0.05) is 12.6 Å². The smallest absolute Gasteiger partial charge is 0.225 e. The lowest BCUT2D eigenvalue weighted by atomic mass is 9.85. The van der Waals surface area contributed by atoms with Crippen LogP contribution in [0.4, 0.5) is 10.3 Å². The molecule has 6 nitrogen and oxygen atoms in total. The second kappa shape index (κ2) is 9.77. The molecule has 1 N–H and O–H groups in total. The van der Waals surface area contributed by atoms with Crippen LogP contribution in [-0.2, 0) is 0 Å². The molecule has 1 fully saturated rings. The summed E-state index contributed by atoms with van der Waals surface area (Å²) in [5, 5.41) is 4.02. The van der Waals surface area contributed by atoms with Crippen LogP contribution in [0.5, 0.6) is 0 Å². The van der Waals surface area contributed by atoms with E-state index in [0.29, 0.717) is 29.3 Å². The van der Waals surface area contributed by atoms with Crippen molar-refractivity contribution in [3.63, 3.8) is 0 Å². The zero-order valence-electron chi connectivity index (χ0n) is 18.0. The molecule has 4 rings (SSSR count). The third-order valence-corrected chi connectivity index (χ3v) is 6.90. The minimum absolute atomic E-state index is 0.0370. The molecule has 3 heterocycles. The molecular formula is C23H28FN5OS. The topological polar surface area (TPSA) is 80.7 Å². The Hall–Kier alpha value is -2.48. The van der Waals surface area contributed by atoms with Gasteiger partial charge in [0.05, 0.1) is 17.2 Å². The first-order valence-corrected chi connectivity index (χ1v) is 11.9. The zero-order valence-corrected chi connectivity index (χ0v) is 18.8. The largest absolute Gasteiger partial charge is 0.348 e. The highest BCUT2D eigenvalue weighted by atomic mass is 32.1. The number of fused-ring (bicyclic) bond motifs is 1. The van der Waals surface area contributed by atoms with E-state index in [1.54, 1.807) is 6.20 Å². The van der Waals surface area contributed by atoms with Crippen molar-refractivity contribution in [3.8, 4) is 0 Å². The molecule has 8 heteroatoms. The number of pyridine rings is 1. The molecule has 3 aromatic rings. The van der Waals surface area contributed by atoms with E-state index in [2.05, 4.69) is 25.3 Å². The number of carbonyl (C=O) groups excluding carboxylic acids is 1. The van der Waals surface area contributed by atoms with Gasteiger partial charge in [-0.05, 0) is 37.8 Å². The number of nitrogens with zero attached hydrogens (tertiary/aromatic N) is 4. The average Bonchev–Trinajstić information content (AvgIpc) is 3.13. The summed E-state index contributed by atoms with van der Waals surface area (Å²) in [6.45, 7) is 3.78. The summed E-state index contributed by atoms with van der Waals surface area (Å²) in [6, 6.07) is 1.16. The lowest BCUT2D eigenvalue weighted by Crippen LogP contribution is -2.13. The quantitative estimate of drug-likeness (QED) is 0.430. The molecule has 3 aromatic heterocycles. The van der Waals surface area contributed by atoms with Crippen LogP contribution < -0.4 is 5.32 Å². The average molecular weight is 442 g/mol. The van der Waals surface area contributed by atoms with Gasteiger partial charge in [0.2, 0.25) is 5.95 Å². The first-order valence-electron chi connectivity index (χ1n) is 11.0. The third-order valence-electron chi connectivity index (χ3n) is 5.94. The molecule has 1 aliphatic rings. The molecule has 164 valence electrons. The molecule has 1 saturated carbocycles. The van der Waals surface area contributed by atoms with Gasteiger partial charge in [0.15, 0.2) is 11.4 Å². The second-order valence-electron chi connectivity index (χ2n) is 8.40. The lowest BCUT2D eigenvalue weighted by Gasteiger charge is -2.21. The Balaban J connectivity index is 1.50. The van der Waals surface area contributed by atoms with E-state index in [9.17, 15) is 9.18 Å². The Kier molecular flexibility index (Phi) is 6.85. The Morgan fingerprint density at radius 1 is 1.23 bits per heavy atom. The van der Waals surface area contributed by atoms with Crippen molar-refractivity contribution in [1.29, 1.82) is 0 Å². The van der Waals surface area contributed by atoms with Gasteiger partial charge in [-0.25, -0.2) is 14.4 Å². The molecule has 31 heavy (non-hydrogen) atoms. The summed E-state index contributed by atoms with van der Waals surface area (Å²) < 4.78 is 14.3. The lowest BCUT2D eigenvalue weighted by molar-refractivity contribution is 0.0973. The number of anilines is 1. The standard InChI is InChI=1S/C23H28FN5OS/c1-14(17-11-18(24)13-25-12-17)26-23-28-20(21-22(29-23)27-15(2)31-21)19(30)10-6-9-16-7-4-3-5-8-16/h11-14,16H,3-10H2,1-2H3,(H,26,28,29)/t14-/m0/s1. The number of aromatic nitrogens is 4. The normalized spacial score (nSPS) is 15.8. The Morgan fingerprint density at radius 3 is 2.81 bits per heavy atom. The summed E-state index contributed by atoms with van der Waals surface area (Å²) in [7, 11) is 0. The van der Waals surface area contributed by atoms with Gasteiger partial charge >= 0.3 is 0 Å². The van der Waals surface area contributed by atoms with Gasteiger partial charge in [-0.2, -0.15) is 4.98 Å². The van der Waals surface area contributed by atoms with Gasteiger partial charge in [-0.1, -0.05) is 38.5 Å². The highest BCUT2D eigenvalue weighted by molar-refractivity contribution is 7.18. The summed E-state index contributed by atoms with van der Waals surface area (Å²) in [6.07, 6.45) is 11.8. The van der Waals surface area contributed by atoms with E-state index in [0.717, 1.165) is 28.5 Å². The number of Topliss-reactive ketones (excluding diaryl/α,β-unsaturated/α-hetero) is 1. The summed E-state index contributed by atoms with van der Waals surface area (Å²) in [5.41, 5.74) is 1.64. The van der Waals surface area contributed by atoms with Gasteiger partial charge < -0.3 is 5.32 Å². The highest BCUT2D eigenvalue weighted by Gasteiger charge is 2.20. The van der Waals surface area contributed by atoms with E-state index in [4.69, 9.17) is 0 Å². The third kappa shape index (κ3) is 5.42. The first kappa shape index (κ1) is 21.7. The Morgan fingerprint density at radius 2 is 2.03 bits per heavy atom. The van der Waals surface area contributed by atoms with Crippen molar-refractivity contribution in [2.75, 3.05) is 5.32 Å². The predicted molar refractivity (Wildman–Crippen MR) is 121 cm³/mol. The molecule has 0 spiro atoms. The molecule has 0 bridgehead atoms. The maximum absolute atomic E-state index is 13.5. The summed E-state index contributed by atoms with van der Waals surface area (Å²) >= 11 is 1.45. The molecule has 0 aliphatic heterocycles. The number of halogens is 1. The molecule has 1 aliphatic carbocycles. The van der Waals surface area contributed by atoms with Crippen molar-refractivity contribution in [3.05, 3.63) is 40.5 Å². The van der Waals surface area contributed by atoms with Crippen LogP contribution in [0, 0.1) is 18.7 Å². The van der Waals surface area contributed by atoms with Crippen molar-refractivity contribution < 1.29 is 9.18 Å². The minimum atomic E-state index is -0.397. The van der Waals surface area contributed by atoms with Crippen LogP contribution in [0.3, 0.4) is 0 Å². The molecule has 1 atom stereocenters. The van der Waals surface area contributed by atoms with Gasteiger partial charge in [-0.15, -0.1) is 11.3 Å². The first-order chi connectivity index (χ1) is 15.0. The number of hydrogen-bond donors (Lipinski definition) is 1. The summed E-state index contributed by atoms with van der Waals surface area (Å²) in [5.74, 6) is 0.724. The number of rotatable bonds is 8. The molecule has 0 amide bonds. The number of ketones is 1. The fourth-order valence-electron chi connectivity index (χ4n) is 4.27. The van der Waals surface area contributed by atoms with E-state index in [1.165, 1.54) is 55.7 Å². The zero-order chi connectivity index (χ0) is 21.8. The number of hydrogen-bond acceptors (Lipinski definition) is 7. The van der Waals surface area contributed by atoms with Gasteiger partial charge in [0.25, 0.3) is 0 Å². The molecule has 0 unspecified atom stereocenters. The monoisotopic (exact) mass is 441 g/mol. The number of carbonyl (C=O) groups is 1. The molecular weight excluding hydrogens is 413 g/mol. The number of thiazole rings is 1.